The quantitative estimate of drug-likeness (QED) is 0.397. The molecule has 1 aliphatic heterocycles. The second kappa shape index (κ2) is 13.2. The summed E-state index contributed by atoms with van der Waals surface area (Å²) >= 11 is 0. The average molecular weight is 541 g/mol. The molecule has 4 rings (SSSR count). The number of nitrogens with one attached hydrogen (secondary N) is 2. The van der Waals surface area contributed by atoms with E-state index >= 15 is 0 Å². The molecule has 0 radical (unpaired) electrons. The van der Waals surface area contributed by atoms with Gasteiger partial charge in [0.25, 0.3) is 0 Å². The molecular formula is C29H40N4O4S. The van der Waals surface area contributed by atoms with Crippen molar-refractivity contribution in [2.75, 3.05) is 30.6 Å². The number of carbonyl (C=O) groups excluding carboxylic acids is 1. The number of ether oxygens (including phenoxy) is 1. The Balaban J connectivity index is 1.21. The summed E-state index contributed by atoms with van der Waals surface area (Å²) in [5.74, 6) is 1.36. The van der Waals surface area contributed by atoms with Crippen molar-refractivity contribution < 1.29 is 17.9 Å². The lowest BCUT2D eigenvalue weighted by Crippen LogP contribution is -2.52. The molecule has 0 bridgehead atoms. The van der Waals surface area contributed by atoms with E-state index in [-0.39, 0.29) is 12.1 Å². The first kappa shape index (κ1) is 28.0. The van der Waals surface area contributed by atoms with Crippen molar-refractivity contribution in [1.29, 1.82) is 0 Å². The van der Waals surface area contributed by atoms with Crippen LogP contribution in [0.15, 0.2) is 61.2 Å². The first-order valence-corrected chi connectivity index (χ1v) is 15.4. The molecule has 2 aromatic rings. The SMILES string of the molecule is C=CCN(C(=O)NC1CCN(Cc2ccc(Oc3ccc(NS(C)(=O)=O)cc3)cc2)CC1)C1CCCCC1. The number of likely N-dealkylation sites (tertiary alicyclic amines) is 1. The summed E-state index contributed by atoms with van der Waals surface area (Å²) in [4.78, 5) is 17.4. The summed E-state index contributed by atoms with van der Waals surface area (Å²) in [5.41, 5.74) is 1.71. The molecule has 2 aromatic carbocycles. The van der Waals surface area contributed by atoms with Gasteiger partial charge in [-0.2, -0.15) is 0 Å². The van der Waals surface area contributed by atoms with E-state index in [9.17, 15) is 13.2 Å². The Hall–Kier alpha value is -3.04. The van der Waals surface area contributed by atoms with Crippen LogP contribution in [-0.4, -0.2) is 62.2 Å². The first-order valence-electron chi connectivity index (χ1n) is 13.5. The third-order valence-corrected chi connectivity index (χ3v) is 7.85. The number of piperidine rings is 1. The lowest BCUT2D eigenvalue weighted by Gasteiger charge is -2.37. The van der Waals surface area contributed by atoms with Crippen LogP contribution in [0, 0.1) is 0 Å². The summed E-state index contributed by atoms with van der Waals surface area (Å²) in [6.07, 6.45) is 10.7. The zero-order valence-electron chi connectivity index (χ0n) is 22.3. The Morgan fingerprint density at radius 1 is 1.00 bits per heavy atom. The molecule has 0 atom stereocenters. The minimum Gasteiger partial charge on any atom is -0.457 e. The Morgan fingerprint density at radius 2 is 1.61 bits per heavy atom. The summed E-state index contributed by atoms with van der Waals surface area (Å²) in [6, 6.07) is 15.5. The number of anilines is 1. The van der Waals surface area contributed by atoms with E-state index in [0.29, 0.717) is 24.0 Å². The van der Waals surface area contributed by atoms with Crippen LogP contribution in [0.1, 0.15) is 50.5 Å². The topological polar surface area (TPSA) is 91.0 Å². The molecular weight excluding hydrogens is 500 g/mol. The zero-order valence-corrected chi connectivity index (χ0v) is 23.1. The second-order valence-corrected chi connectivity index (χ2v) is 12.1. The highest BCUT2D eigenvalue weighted by molar-refractivity contribution is 7.92. The van der Waals surface area contributed by atoms with E-state index in [2.05, 4.69) is 33.7 Å². The van der Waals surface area contributed by atoms with Crippen LogP contribution >= 0.6 is 0 Å². The zero-order chi connectivity index (χ0) is 27.0. The van der Waals surface area contributed by atoms with Gasteiger partial charge in [-0.05, 0) is 67.6 Å². The van der Waals surface area contributed by atoms with Gasteiger partial charge in [0.15, 0.2) is 0 Å². The summed E-state index contributed by atoms with van der Waals surface area (Å²) in [5, 5.41) is 3.29. The predicted octanol–water partition coefficient (Wildman–Crippen LogP) is 5.35. The van der Waals surface area contributed by atoms with Gasteiger partial charge in [0.2, 0.25) is 10.0 Å². The smallest absolute Gasteiger partial charge is 0.318 e. The fourth-order valence-electron chi connectivity index (χ4n) is 5.28. The van der Waals surface area contributed by atoms with E-state index in [0.717, 1.165) is 57.3 Å². The molecule has 2 fully saturated rings. The maximum atomic E-state index is 13.0. The van der Waals surface area contributed by atoms with Crippen molar-refractivity contribution in [3.05, 3.63) is 66.7 Å². The van der Waals surface area contributed by atoms with Crippen molar-refractivity contribution in [2.45, 2.75) is 63.6 Å². The molecule has 9 heteroatoms. The number of urea groups is 1. The van der Waals surface area contributed by atoms with E-state index in [1.165, 1.54) is 24.8 Å². The number of benzene rings is 2. The minimum absolute atomic E-state index is 0.0622. The summed E-state index contributed by atoms with van der Waals surface area (Å²) in [7, 11) is -3.30. The van der Waals surface area contributed by atoms with Crippen molar-refractivity contribution >= 4 is 21.7 Å². The number of amides is 2. The summed E-state index contributed by atoms with van der Waals surface area (Å²) in [6.45, 7) is 7.22. The fourth-order valence-corrected chi connectivity index (χ4v) is 5.85. The Labute approximate surface area is 227 Å². The van der Waals surface area contributed by atoms with Crippen LogP contribution in [0.2, 0.25) is 0 Å². The van der Waals surface area contributed by atoms with E-state index in [1.807, 2.05) is 23.1 Å². The van der Waals surface area contributed by atoms with Gasteiger partial charge in [-0.15, -0.1) is 6.58 Å². The molecule has 8 nitrogen and oxygen atoms in total. The number of hydrogen-bond donors (Lipinski definition) is 2. The highest BCUT2D eigenvalue weighted by Crippen LogP contribution is 2.25. The molecule has 38 heavy (non-hydrogen) atoms. The van der Waals surface area contributed by atoms with Crippen LogP contribution in [-0.2, 0) is 16.6 Å². The monoisotopic (exact) mass is 540 g/mol. The van der Waals surface area contributed by atoms with Crippen LogP contribution in [0.5, 0.6) is 11.5 Å². The van der Waals surface area contributed by atoms with Gasteiger partial charge < -0.3 is 15.0 Å². The summed E-state index contributed by atoms with van der Waals surface area (Å²) < 4.78 is 31.0. The van der Waals surface area contributed by atoms with Crippen LogP contribution < -0.4 is 14.8 Å². The van der Waals surface area contributed by atoms with Gasteiger partial charge in [-0.25, -0.2) is 13.2 Å². The molecule has 2 N–H and O–H groups in total. The molecule has 2 aliphatic rings. The second-order valence-electron chi connectivity index (χ2n) is 10.4. The van der Waals surface area contributed by atoms with Crippen molar-refractivity contribution in [3.63, 3.8) is 0 Å². The van der Waals surface area contributed by atoms with E-state index < -0.39 is 10.0 Å². The lowest BCUT2D eigenvalue weighted by atomic mass is 9.94. The number of sulfonamides is 1. The average Bonchev–Trinajstić information content (AvgIpc) is 2.90. The van der Waals surface area contributed by atoms with Gasteiger partial charge >= 0.3 is 6.03 Å². The standard InChI is InChI=1S/C29H40N4O4S/c1-3-19-33(26-7-5-4-6-8-26)29(34)30-24-17-20-32(21-18-24)22-23-9-13-27(14-10-23)37-28-15-11-25(12-16-28)31-38(2,35)36/h3,9-16,24,26,31H,1,4-8,17-22H2,2H3,(H,30,34). The Kier molecular flexibility index (Phi) is 9.69. The highest BCUT2D eigenvalue weighted by Gasteiger charge is 2.27. The van der Waals surface area contributed by atoms with Crippen molar-refractivity contribution in [2.24, 2.45) is 0 Å². The first-order chi connectivity index (χ1) is 18.3. The predicted molar refractivity (Wildman–Crippen MR) is 152 cm³/mol. The Morgan fingerprint density at radius 3 is 2.18 bits per heavy atom. The van der Waals surface area contributed by atoms with Crippen molar-refractivity contribution in [1.82, 2.24) is 15.1 Å². The maximum Gasteiger partial charge on any atom is 0.318 e. The Bertz CT molecular complexity index is 1150. The molecule has 206 valence electrons. The number of carbonyl (C=O) groups is 1. The lowest BCUT2D eigenvalue weighted by molar-refractivity contribution is 0.148. The normalized spacial score (nSPS) is 17.5. The van der Waals surface area contributed by atoms with Gasteiger partial charge in [-0.1, -0.05) is 37.5 Å². The minimum atomic E-state index is -3.30. The van der Waals surface area contributed by atoms with Gasteiger partial charge in [0.05, 0.1) is 6.26 Å². The van der Waals surface area contributed by atoms with E-state index in [1.54, 1.807) is 24.3 Å². The molecule has 1 saturated carbocycles. The molecule has 1 heterocycles. The molecule has 2 amide bonds. The van der Waals surface area contributed by atoms with E-state index in [4.69, 9.17) is 4.74 Å². The largest absolute Gasteiger partial charge is 0.457 e. The molecule has 0 spiro atoms. The van der Waals surface area contributed by atoms with Gasteiger partial charge in [0.1, 0.15) is 11.5 Å². The van der Waals surface area contributed by atoms with Crippen LogP contribution in [0.3, 0.4) is 0 Å². The highest BCUT2D eigenvalue weighted by atomic mass is 32.2. The fraction of sp³-hybridized carbons (Fsp3) is 0.483. The number of nitrogens with zero attached hydrogens (tertiary/aromatic N) is 2. The molecule has 1 saturated heterocycles. The van der Waals surface area contributed by atoms with Crippen molar-refractivity contribution in [3.8, 4) is 11.5 Å². The molecule has 1 aliphatic carbocycles. The van der Waals surface area contributed by atoms with Gasteiger partial charge in [0, 0.05) is 44.0 Å². The molecule has 0 unspecified atom stereocenters. The number of hydrogen-bond acceptors (Lipinski definition) is 5. The maximum absolute atomic E-state index is 13.0. The van der Waals surface area contributed by atoms with Crippen LogP contribution in [0.4, 0.5) is 10.5 Å². The third-order valence-electron chi connectivity index (χ3n) is 7.24. The van der Waals surface area contributed by atoms with Gasteiger partial charge in [-0.3, -0.25) is 9.62 Å². The molecule has 0 aromatic heterocycles. The number of rotatable bonds is 10. The third kappa shape index (κ3) is 8.49. The van der Waals surface area contributed by atoms with Crippen LogP contribution in [0.25, 0.3) is 0 Å².